The van der Waals surface area contributed by atoms with Crippen LogP contribution in [-0.2, 0) is 23.9 Å². The fraction of sp³-hybridized carbons (Fsp3) is 0.433. The number of amides is 1. The van der Waals surface area contributed by atoms with Gasteiger partial charge in [0, 0.05) is 42.0 Å². The molecule has 232 valence electrons. The molecular weight excluding hydrogens is 565 g/mol. The van der Waals surface area contributed by atoms with E-state index in [1.54, 1.807) is 17.4 Å². The van der Waals surface area contributed by atoms with E-state index in [2.05, 4.69) is 31.9 Å². The first-order chi connectivity index (χ1) is 19.9. The Morgan fingerprint density at radius 1 is 0.977 bits per heavy atom. The van der Waals surface area contributed by atoms with E-state index in [-0.39, 0.29) is 28.4 Å². The van der Waals surface area contributed by atoms with Crippen LogP contribution in [0, 0.1) is 17.7 Å². The number of benzene rings is 2. The molecule has 1 amide bonds. The molecule has 0 aliphatic carbocycles. The van der Waals surface area contributed by atoms with E-state index in [4.69, 9.17) is 4.74 Å². The van der Waals surface area contributed by atoms with Crippen molar-refractivity contribution in [2.75, 3.05) is 13.1 Å². The molecule has 5 rings (SSSR count). The second-order valence-electron chi connectivity index (χ2n) is 11.9. The summed E-state index contributed by atoms with van der Waals surface area (Å²) in [6.45, 7) is 13.2. The smallest absolute Gasteiger partial charge is 0.306 e. The third-order valence-corrected chi connectivity index (χ3v) is 8.43. The second kappa shape index (κ2) is 10.4. The zero-order valence-corrected chi connectivity index (χ0v) is 23.8. The SMILES string of the molecule is C=C1c2cccc(OCc3cccc(CN4CC(C)CC(C)C4)c3F)c2C(O)(O)N1C1(O)C(=C)NC(=O)C(O)(O)C1(O)O. The summed E-state index contributed by atoms with van der Waals surface area (Å²) in [5, 5.41) is 77.6. The largest absolute Gasteiger partial charge is 0.488 e. The fourth-order valence-corrected chi connectivity index (χ4v) is 6.48. The Hall–Kier alpha value is -3.40. The summed E-state index contributed by atoms with van der Waals surface area (Å²) < 4.78 is 21.4. The lowest BCUT2D eigenvalue weighted by Gasteiger charge is -2.55. The zero-order valence-electron chi connectivity index (χ0n) is 23.8. The first-order valence-electron chi connectivity index (χ1n) is 13.8. The number of aliphatic hydroxyl groups is 7. The zero-order chi connectivity index (χ0) is 31.7. The maximum absolute atomic E-state index is 15.6. The minimum absolute atomic E-state index is 0.0551. The number of carbonyl (C=O) groups is 1. The molecule has 2 fully saturated rings. The van der Waals surface area contributed by atoms with Crippen molar-refractivity contribution < 1.29 is 49.7 Å². The Morgan fingerprint density at radius 3 is 2.23 bits per heavy atom. The van der Waals surface area contributed by atoms with E-state index >= 15 is 4.39 Å². The predicted molar refractivity (Wildman–Crippen MR) is 149 cm³/mol. The van der Waals surface area contributed by atoms with Crippen LogP contribution in [0.25, 0.3) is 5.70 Å². The van der Waals surface area contributed by atoms with E-state index in [1.807, 2.05) is 0 Å². The summed E-state index contributed by atoms with van der Waals surface area (Å²) in [4.78, 5) is 14.4. The second-order valence-corrected chi connectivity index (χ2v) is 11.9. The van der Waals surface area contributed by atoms with E-state index in [0.717, 1.165) is 19.5 Å². The Labute approximate surface area is 247 Å². The van der Waals surface area contributed by atoms with Gasteiger partial charge in [-0.1, -0.05) is 57.3 Å². The number of piperidine rings is 2. The van der Waals surface area contributed by atoms with Gasteiger partial charge < -0.3 is 45.8 Å². The first kappa shape index (κ1) is 31.0. The van der Waals surface area contributed by atoms with Crippen LogP contribution >= 0.6 is 0 Å². The van der Waals surface area contributed by atoms with Gasteiger partial charge in [0.2, 0.25) is 5.72 Å². The Bertz CT molecular complexity index is 1480. The molecule has 0 spiro atoms. The molecule has 12 nitrogen and oxygen atoms in total. The van der Waals surface area contributed by atoms with Crippen LogP contribution in [0.3, 0.4) is 0 Å². The minimum atomic E-state index is -4.16. The van der Waals surface area contributed by atoms with Gasteiger partial charge in [0.05, 0.1) is 11.3 Å². The van der Waals surface area contributed by atoms with Crippen LogP contribution in [0.4, 0.5) is 4.39 Å². The molecule has 2 saturated heterocycles. The van der Waals surface area contributed by atoms with Crippen molar-refractivity contribution in [3.05, 3.63) is 83.3 Å². The van der Waals surface area contributed by atoms with Gasteiger partial charge >= 0.3 is 5.79 Å². The quantitative estimate of drug-likeness (QED) is 0.208. The lowest BCUT2D eigenvalue weighted by molar-refractivity contribution is -0.438. The summed E-state index contributed by atoms with van der Waals surface area (Å²) in [6, 6.07) is 9.06. The highest BCUT2D eigenvalue weighted by atomic mass is 19.1. The van der Waals surface area contributed by atoms with Gasteiger partial charge in [-0.2, -0.15) is 0 Å². The maximum Gasteiger partial charge on any atom is 0.306 e. The van der Waals surface area contributed by atoms with Crippen molar-refractivity contribution in [2.45, 2.75) is 56.6 Å². The molecule has 0 aromatic heterocycles. The minimum Gasteiger partial charge on any atom is -0.488 e. The van der Waals surface area contributed by atoms with Crippen molar-refractivity contribution in [2.24, 2.45) is 11.8 Å². The molecule has 43 heavy (non-hydrogen) atoms. The summed E-state index contributed by atoms with van der Waals surface area (Å²) >= 11 is 0. The van der Waals surface area contributed by atoms with Gasteiger partial charge in [0.1, 0.15) is 18.2 Å². The lowest BCUT2D eigenvalue weighted by atomic mass is 9.84. The Kier molecular flexibility index (Phi) is 7.47. The van der Waals surface area contributed by atoms with Crippen LogP contribution in [0.2, 0.25) is 0 Å². The molecule has 0 saturated carbocycles. The van der Waals surface area contributed by atoms with E-state index in [9.17, 15) is 40.5 Å². The molecule has 13 heteroatoms. The van der Waals surface area contributed by atoms with Crippen molar-refractivity contribution in [3.8, 4) is 5.75 Å². The number of carbonyl (C=O) groups excluding carboxylic acids is 1. The van der Waals surface area contributed by atoms with Crippen LogP contribution in [0.5, 0.6) is 5.75 Å². The van der Waals surface area contributed by atoms with E-state index in [1.165, 1.54) is 24.3 Å². The van der Waals surface area contributed by atoms with Crippen LogP contribution in [0.1, 0.15) is 42.5 Å². The monoisotopic (exact) mass is 601 g/mol. The topological polar surface area (TPSA) is 186 Å². The number of hydrogen-bond donors (Lipinski definition) is 8. The highest BCUT2D eigenvalue weighted by Crippen LogP contribution is 2.54. The number of ether oxygens (including phenoxy) is 1. The molecule has 3 atom stereocenters. The number of fused-ring (bicyclic) bond motifs is 1. The Balaban J connectivity index is 1.44. The maximum atomic E-state index is 15.6. The van der Waals surface area contributed by atoms with Gasteiger partial charge in [0.15, 0.2) is 0 Å². The van der Waals surface area contributed by atoms with Crippen molar-refractivity contribution in [1.29, 1.82) is 0 Å². The van der Waals surface area contributed by atoms with Gasteiger partial charge in [-0.15, -0.1) is 0 Å². The van der Waals surface area contributed by atoms with E-state index < -0.39 is 51.9 Å². The summed E-state index contributed by atoms with van der Waals surface area (Å²) in [5.41, 5.74) is -4.72. The van der Waals surface area contributed by atoms with Gasteiger partial charge in [-0.25, -0.2) is 4.39 Å². The number of nitrogens with one attached hydrogen (secondary N) is 1. The molecule has 2 aromatic carbocycles. The Morgan fingerprint density at radius 2 is 1.58 bits per heavy atom. The van der Waals surface area contributed by atoms with Gasteiger partial charge in [-0.05, 0) is 24.3 Å². The average molecular weight is 602 g/mol. The molecule has 3 unspecified atom stereocenters. The first-order valence-corrected chi connectivity index (χ1v) is 13.8. The molecule has 2 aromatic rings. The third kappa shape index (κ3) is 4.64. The summed E-state index contributed by atoms with van der Waals surface area (Å²) in [5.74, 6) is -12.9. The van der Waals surface area contributed by atoms with Crippen LogP contribution < -0.4 is 10.1 Å². The molecular formula is C30H36FN3O9. The lowest BCUT2D eigenvalue weighted by Crippen LogP contribution is -2.83. The fourth-order valence-electron chi connectivity index (χ4n) is 6.48. The summed E-state index contributed by atoms with van der Waals surface area (Å²) in [6.07, 6.45) is 1.12. The van der Waals surface area contributed by atoms with Gasteiger partial charge in [0.25, 0.3) is 17.6 Å². The van der Waals surface area contributed by atoms with Crippen molar-refractivity contribution in [3.63, 3.8) is 0 Å². The normalized spacial score (nSPS) is 28.0. The van der Waals surface area contributed by atoms with Crippen molar-refractivity contribution >= 4 is 11.6 Å². The number of nitrogens with zero attached hydrogens (tertiary/aromatic N) is 2. The molecule has 0 bridgehead atoms. The van der Waals surface area contributed by atoms with Gasteiger partial charge in [-0.3, -0.25) is 14.6 Å². The summed E-state index contributed by atoms with van der Waals surface area (Å²) in [7, 11) is 0. The van der Waals surface area contributed by atoms with Crippen LogP contribution in [-0.4, -0.2) is 81.8 Å². The third-order valence-electron chi connectivity index (χ3n) is 8.43. The number of halogens is 1. The van der Waals surface area contributed by atoms with Crippen molar-refractivity contribution in [1.82, 2.24) is 15.1 Å². The highest BCUT2D eigenvalue weighted by Gasteiger charge is 2.76. The van der Waals surface area contributed by atoms with Crippen LogP contribution in [0.15, 0.2) is 55.3 Å². The van der Waals surface area contributed by atoms with E-state index in [0.29, 0.717) is 23.9 Å². The molecule has 0 radical (unpaired) electrons. The molecule has 3 heterocycles. The number of likely N-dealkylation sites (tertiary alicyclic amines) is 1. The standard InChI is InChI=1S/C30H36FN3O9/c1-16-11-17(2)13-33(12-16)14-20-7-5-8-21(25(20)31)15-43-23-10-6-9-22-18(3)34(29(39,40)24(22)23)27(36)19(4)32-26(35)28(37,38)30(27,41)42/h5-10,16-17,36-42H,3-4,11-15H2,1-2H3,(H,32,35). The molecule has 3 aliphatic rings. The average Bonchev–Trinajstić information content (AvgIpc) is 3.12. The molecule has 3 aliphatic heterocycles. The molecule has 8 N–H and O–H groups in total. The predicted octanol–water partition coefficient (Wildman–Crippen LogP) is -0.0423. The number of hydrogen-bond acceptors (Lipinski definition) is 11. The number of rotatable bonds is 6. The highest BCUT2D eigenvalue weighted by molar-refractivity contribution is 5.88.